The van der Waals surface area contributed by atoms with Crippen LogP contribution in [0.1, 0.15) is 12.2 Å². The number of H-pyrrole nitrogens is 1. The van der Waals surface area contributed by atoms with Crippen molar-refractivity contribution in [2.24, 2.45) is 5.92 Å². The number of β-amino-alcohol motifs (C(OH)–C–C–N with tert-alkyl or cyclic N) is 1. The number of carbonyl (C=O) groups is 1. The number of halogens is 1. The Morgan fingerprint density at radius 2 is 2.15 bits per heavy atom. The van der Waals surface area contributed by atoms with Gasteiger partial charge in [-0.2, -0.15) is 11.8 Å². The Kier molecular flexibility index (Phi) is 7.89. The number of benzene rings is 1. The number of aromatic amines is 1. The minimum atomic E-state index is -0.384. The first-order valence-electron chi connectivity index (χ1n) is 8.34. The number of nitrogens with zero attached hydrogens (tertiary/aromatic N) is 1. The van der Waals surface area contributed by atoms with Crippen molar-refractivity contribution in [1.29, 1.82) is 0 Å². The number of thioether (sulfide) groups is 1. The molecular weight excluding hydrogens is 376 g/mol. The summed E-state index contributed by atoms with van der Waals surface area (Å²) in [5, 5.41) is 16.2. The number of rotatable bonds is 7. The monoisotopic (exact) mass is 398 g/mol. The van der Waals surface area contributed by atoms with Gasteiger partial charge in [0.1, 0.15) is 5.82 Å². The Balaban J connectivity index is 0.00000243. The molecular formula is C17H23ClN4O3S. The number of hydrogen-bond donors (Lipinski definition) is 4. The molecule has 26 heavy (non-hydrogen) atoms. The summed E-state index contributed by atoms with van der Waals surface area (Å²) in [4.78, 5) is 31.1. The van der Waals surface area contributed by atoms with Crippen LogP contribution in [0.2, 0.25) is 0 Å². The molecule has 1 aliphatic heterocycles. The molecule has 2 aromatic rings. The molecule has 1 fully saturated rings. The van der Waals surface area contributed by atoms with E-state index < -0.39 is 0 Å². The first-order valence-corrected chi connectivity index (χ1v) is 9.50. The Labute approximate surface area is 161 Å². The highest BCUT2D eigenvalue weighted by atomic mass is 35.5. The lowest BCUT2D eigenvalue weighted by Gasteiger charge is -2.13. The summed E-state index contributed by atoms with van der Waals surface area (Å²) in [7, 11) is 0. The maximum atomic E-state index is 12.0. The molecule has 0 aliphatic carbocycles. The predicted molar refractivity (Wildman–Crippen MR) is 106 cm³/mol. The van der Waals surface area contributed by atoms with E-state index in [0.717, 1.165) is 6.54 Å². The summed E-state index contributed by atoms with van der Waals surface area (Å²) in [6.45, 7) is 1.82. The quantitative estimate of drug-likeness (QED) is 0.510. The number of fused-ring (bicyclic) bond motifs is 1. The normalized spacial score (nSPS) is 19.3. The van der Waals surface area contributed by atoms with Crippen molar-refractivity contribution < 1.29 is 9.90 Å². The van der Waals surface area contributed by atoms with Gasteiger partial charge in [-0.3, -0.25) is 9.59 Å². The minimum Gasteiger partial charge on any atom is -0.391 e. The van der Waals surface area contributed by atoms with Crippen molar-refractivity contribution in [3.8, 4) is 0 Å². The van der Waals surface area contributed by atoms with Gasteiger partial charge in [-0.1, -0.05) is 12.1 Å². The summed E-state index contributed by atoms with van der Waals surface area (Å²) < 4.78 is 0. The van der Waals surface area contributed by atoms with Crippen molar-refractivity contribution in [1.82, 2.24) is 20.6 Å². The largest absolute Gasteiger partial charge is 0.391 e. The van der Waals surface area contributed by atoms with Crippen LogP contribution in [0, 0.1) is 5.92 Å². The Morgan fingerprint density at radius 1 is 1.35 bits per heavy atom. The maximum absolute atomic E-state index is 12.0. The van der Waals surface area contributed by atoms with Crippen LogP contribution < -0.4 is 16.2 Å². The van der Waals surface area contributed by atoms with E-state index in [9.17, 15) is 14.7 Å². The van der Waals surface area contributed by atoms with E-state index in [1.54, 1.807) is 17.8 Å². The van der Waals surface area contributed by atoms with E-state index in [2.05, 4.69) is 20.6 Å². The van der Waals surface area contributed by atoms with Crippen LogP contribution >= 0.6 is 24.2 Å². The highest BCUT2D eigenvalue weighted by Crippen LogP contribution is 2.12. The SMILES string of the molecule is Cl.O=C(CCSCc1nc2ccccc2c(=O)[nH]1)NCC1CNCC1O. The number of para-hydroxylation sites is 1. The Morgan fingerprint density at radius 3 is 2.92 bits per heavy atom. The summed E-state index contributed by atoms with van der Waals surface area (Å²) in [6.07, 6.45) is 0.0177. The van der Waals surface area contributed by atoms with Crippen LogP contribution in [0.5, 0.6) is 0 Å². The standard InChI is InChI=1S/C17H22N4O3S.ClH/c22-14-9-18-7-11(14)8-19-16(23)5-6-25-10-15-20-13-4-2-1-3-12(13)17(24)21-15;/h1-4,11,14,18,22H,5-10H2,(H,19,23)(H,20,21,24);1H. The van der Waals surface area contributed by atoms with Crippen LogP contribution in [0.3, 0.4) is 0 Å². The number of amides is 1. The van der Waals surface area contributed by atoms with Crippen LogP contribution in [0.4, 0.5) is 0 Å². The van der Waals surface area contributed by atoms with Crippen LogP contribution in [0.25, 0.3) is 10.9 Å². The molecule has 0 saturated carbocycles. The summed E-state index contributed by atoms with van der Waals surface area (Å²) in [6, 6.07) is 7.23. The summed E-state index contributed by atoms with van der Waals surface area (Å²) in [5.41, 5.74) is 0.547. The molecule has 0 radical (unpaired) electrons. The van der Waals surface area contributed by atoms with Gasteiger partial charge in [0.15, 0.2) is 0 Å². The number of aromatic nitrogens is 2. The van der Waals surface area contributed by atoms with Gasteiger partial charge < -0.3 is 20.7 Å². The molecule has 1 aromatic carbocycles. The lowest BCUT2D eigenvalue weighted by Crippen LogP contribution is -2.34. The molecule has 3 rings (SSSR count). The van der Waals surface area contributed by atoms with E-state index in [1.807, 2.05) is 18.2 Å². The molecule has 9 heteroatoms. The molecule has 2 atom stereocenters. The van der Waals surface area contributed by atoms with E-state index in [4.69, 9.17) is 0 Å². The van der Waals surface area contributed by atoms with Gasteiger partial charge in [-0.25, -0.2) is 4.98 Å². The third-order valence-electron chi connectivity index (χ3n) is 4.24. The van der Waals surface area contributed by atoms with Crippen LogP contribution in [0.15, 0.2) is 29.1 Å². The van der Waals surface area contributed by atoms with E-state index >= 15 is 0 Å². The average molecular weight is 399 g/mol. The average Bonchev–Trinajstić information content (AvgIpc) is 3.02. The zero-order valence-corrected chi connectivity index (χ0v) is 15.9. The second kappa shape index (κ2) is 9.91. The number of carbonyl (C=O) groups excluding carboxylic acids is 1. The van der Waals surface area contributed by atoms with E-state index in [1.165, 1.54) is 0 Å². The predicted octanol–water partition coefficient (Wildman–Crippen LogP) is 0.665. The van der Waals surface area contributed by atoms with Gasteiger partial charge in [-0.15, -0.1) is 12.4 Å². The topological polar surface area (TPSA) is 107 Å². The molecule has 0 bridgehead atoms. The fraction of sp³-hybridized carbons (Fsp3) is 0.471. The zero-order chi connectivity index (χ0) is 17.6. The van der Waals surface area contributed by atoms with E-state index in [0.29, 0.717) is 47.7 Å². The fourth-order valence-electron chi connectivity index (χ4n) is 2.80. The second-order valence-electron chi connectivity index (χ2n) is 6.12. The van der Waals surface area contributed by atoms with Crippen molar-refractivity contribution in [3.05, 3.63) is 40.4 Å². The molecule has 4 N–H and O–H groups in total. The van der Waals surface area contributed by atoms with E-state index in [-0.39, 0.29) is 35.9 Å². The molecule has 142 valence electrons. The maximum Gasteiger partial charge on any atom is 0.258 e. The molecule has 7 nitrogen and oxygen atoms in total. The number of aliphatic hydroxyl groups excluding tert-OH is 1. The van der Waals surface area contributed by atoms with Gasteiger partial charge in [0.2, 0.25) is 5.91 Å². The van der Waals surface area contributed by atoms with Crippen molar-refractivity contribution in [2.75, 3.05) is 25.4 Å². The van der Waals surface area contributed by atoms with Crippen molar-refractivity contribution in [2.45, 2.75) is 18.3 Å². The highest BCUT2D eigenvalue weighted by molar-refractivity contribution is 7.98. The fourth-order valence-corrected chi connectivity index (χ4v) is 3.60. The Hall–Kier alpha value is -1.61. The smallest absolute Gasteiger partial charge is 0.258 e. The first kappa shape index (κ1) is 20.7. The summed E-state index contributed by atoms with van der Waals surface area (Å²) in [5.74, 6) is 1.89. The van der Waals surface area contributed by atoms with Gasteiger partial charge >= 0.3 is 0 Å². The molecule has 1 amide bonds. The van der Waals surface area contributed by atoms with Gasteiger partial charge in [0.05, 0.1) is 22.8 Å². The first-order chi connectivity index (χ1) is 12.1. The van der Waals surface area contributed by atoms with Crippen molar-refractivity contribution >= 4 is 41.0 Å². The zero-order valence-electron chi connectivity index (χ0n) is 14.2. The molecule has 1 aromatic heterocycles. The molecule has 1 saturated heterocycles. The second-order valence-corrected chi connectivity index (χ2v) is 7.23. The van der Waals surface area contributed by atoms with Gasteiger partial charge in [0.25, 0.3) is 5.56 Å². The molecule has 1 aliphatic rings. The third-order valence-corrected chi connectivity index (χ3v) is 5.21. The minimum absolute atomic E-state index is 0. The molecule has 2 unspecified atom stereocenters. The van der Waals surface area contributed by atoms with Gasteiger partial charge in [-0.05, 0) is 12.1 Å². The van der Waals surface area contributed by atoms with Crippen LogP contribution in [-0.4, -0.2) is 52.5 Å². The Bertz CT molecular complexity index is 801. The third kappa shape index (κ3) is 5.44. The number of hydrogen-bond acceptors (Lipinski definition) is 6. The number of aliphatic hydroxyl groups is 1. The van der Waals surface area contributed by atoms with Gasteiger partial charge in [0, 0.05) is 37.7 Å². The lowest BCUT2D eigenvalue weighted by atomic mass is 10.1. The van der Waals surface area contributed by atoms with Crippen LogP contribution in [-0.2, 0) is 10.5 Å². The summed E-state index contributed by atoms with van der Waals surface area (Å²) >= 11 is 1.56. The lowest BCUT2D eigenvalue weighted by molar-refractivity contribution is -0.120. The number of nitrogens with one attached hydrogen (secondary N) is 3. The van der Waals surface area contributed by atoms with Crippen molar-refractivity contribution in [3.63, 3.8) is 0 Å². The molecule has 2 heterocycles. The molecule has 0 spiro atoms. The highest BCUT2D eigenvalue weighted by Gasteiger charge is 2.24.